The lowest BCUT2D eigenvalue weighted by Crippen LogP contribution is -2.45. The summed E-state index contributed by atoms with van der Waals surface area (Å²) in [6.45, 7) is 4.87. The van der Waals surface area contributed by atoms with Gasteiger partial charge in [0, 0.05) is 12.8 Å². The third-order valence-electron chi connectivity index (χ3n) is 13.2. The first-order valence-electron chi connectivity index (χ1n) is 28.6. The number of carbonyl (C=O) groups is 2. The number of aliphatic hydroxyl groups excluding tert-OH is 2. The lowest BCUT2D eigenvalue weighted by molar-refractivity contribution is -0.143. The summed E-state index contributed by atoms with van der Waals surface area (Å²) in [5.41, 5.74) is 0. The number of carbonyl (C=O) groups excluding carboxylic acids is 2. The van der Waals surface area contributed by atoms with Crippen molar-refractivity contribution >= 4 is 11.9 Å². The third-order valence-corrected chi connectivity index (χ3v) is 13.2. The second-order valence-electron chi connectivity index (χ2n) is 19.6. The van der Waals surface area contributed by atoms with E-state index in [1.165, 1.54) is 238 Å². The number of unbranched alkanes of at least 4 members (excludes halogenated alkanes) is 40. The molecule has 0 saturated heterocycles. The van der Waals surface area contributed by atoms with Gasteiger partial charge < -0.3 is 20.3 Å². The fourth-order valence-electron chi connectivity index (χ4n) is 8.81. The van der Waals surface area contributed by atoms with Gasteiger partial charge in [-0.1, -0.05) is 263 Å². The van der Waals surface area contributed by atoms with E-state index < -0.39 is 12.1 Å². The Hall–Kier alpha value is -1.66. The van der Waals surface area contributed by atoms with Crippen LogP contribution in [0.2, 0.25) is 0 Å². The molecular formula is C58H111NO5. The van der Waals surface area contributed by atoms with Crippen LogP contribution in [0.25, 0.3) is 0 Å². The quantitative estimate of drug-likeness (QED) is 0.0321. The molecule has 0 aromatic heterocycles. The number of rotatable bonds is 53. The van der Waals surface area contributed by atoms with Gasteiger partial charge in [0.2, 0.25) is 5.91 Å². The second kappa shape index (κ2) is 54.0. The molecule has 0 aromatic rings. The minimum atomic E-state index is -0.842. The van der Waals surface area contributed by atoms with E-state index in [9.17, 15) is 19.8 Å². The van der Waals surface area contributed by atoms with Gasteiger partial charge in [-0.2, -0.15) is 0 Å². The summed E-state index contributed by atoms with van der Waals surface area (Å²) in [5.74, 6) is -0.0634. The summed E-state index contributed by atoms with van der Waals surface area (Å²) < 4.78 is 5.49. The van der Waals surface area contributed by atoms with Crippen LogP contribution < -0.4 is 5.32 Å². The van der Waals surface area contributed by atoms with Crippen molar-refractivity contribution < 1.29 is 24.5 Å². The Morgan fingerprint density at radius 1 is 0.422 bits per heavy atom. The molecule has 0 aliphatic carbocycles. The monoisotopic (exact) mass is 902 g/mol. The van der Waals surface area contributed by atoms with Gasteiger partial charge in [-0.25, -0.2) is 0 Å². The topological polar surface area (TPSA) is 95.9 Å². The van der Waals surface area contributed by atoms with E-state index in [0.717, 1.165) is 44.9 Å². The van der Waals surface area contributed by atoms with Gasteiger partial charge in [0.25, 0.3) is 0 Å². The van der Waals surface area contributed by atoms with Crippen molar-refractivity contribution in [2.24, 2.45) is 0 Å². The van der Waals surface area contributed by atoms with Crippen molar-refractivity contribution in [3.63, 3.8) is 0 Å². The number of aliphatic hydroxyl groups is 2. The second-order valence-corrected chi connectivity index (χ2v) is 19.6. The normalized spacial score (nSPS) is 12.8. The summed E-state index contributed by atoms with van der Waals surface area (Å²) in [6.07, 6.45) is 65.0. The molecule has 0 aliphatic heterocycles. The van der Waals surface area contributed by atoms with Crippen molar-refractivity contribution in [1.82, 2.24) is 5.32 Å². The zero-order valence-corrected chi connectivity index (χ0v) is 43.0. The van der Waals surface area contributed by atoms with E-state index in [2.05, 4.69) is 31.3 Å². The Kier molecular flexibility index (Phi) is 52.6. The summed E-state index contributed by atoms with van der Waals surface area (Å²) in [5, 5.41) is 22.9. The molecule has 3 N–H and O–H groups in total. The molecule has 0 rings (SSSR count). The molecule has 0 spiro atoms. The van der Waals surface area contributed by atoms with Crippen LogP contribution in [-0.2, 0) is 14.3 Å². The predicted octanol–water partition coefficient (Wildman–Crippen LogP) is 17.5. The van der Waals surface area contributed by atoms with E-state index in [1.54, 1.807) is 6.08 Å². The van der Waals surface area contributed by atoms with Crippen molar-refractivity contribution in [1.29, 1.82) is 0 Å². The van der Waals surface area contributed by atoms with Crippen molar-refractivity contribution in [3.8, 4) is 0 Å². The highest BCUT2D eigenvalue weighted by Crippen LogP contribution is 2.17. The first kappa shape index (κ1) is 62.3. The van der Waals surface area contributed by atoms with E-state index in [1.807, 2.05) is 6.08 Å². The van der Waals surface area contributed by atoms with Crippen molar-refractivity contribution in [3.05, 3.63) is 24.3 Å². The zero-order valence-electron chi connectivity index (χ0n) is 43.0. The first-order chi connectivity index (χ1) is 31.5. The van der Waals surface area contributed by atoms with Crippen LogP contribution >= 0.6 is 0 Å². The summed E-state index contributed by atoms with van der Waals surface area (Å²) >= 11 is 0. The van der Waals surface area contributed by atoms with Gasteiger partial charge in [0.15, 0.2) is 0 Å². The summed E-state index contributed by atoms with van der Waals surface area (Å²) in [6, 6.07) is -0.626. The average Bonchev–Trinajstić information content (AvgIpc) is 3.29. The van der Waals surface area contributed by atoms with Crippen molar-refractivity contribution in [2.75, 3.05) is 13.2 Å². The minimum absolute atomic E-state index is 0.00787. The molecule has 0 fully saturated rings. The number of allylic oxidation sites excluding steroid dienone is 3. The standard InChI is InChI=1S/C58H111NO5/c1-3-5-7-9-11-13-14-15-16-22-26-29-32-36-40-44-48-52-58(63)64-53-49-45-41-37-33-30-27-24-21-19-17-18-20-23-25-28-31-35-39-43-47-51-57(62)59-55(54-60)56(61)50-46-42-38-34-12-10-8-6-4-2/h15-16,46,50,55-56,60-61H,3-14,17-45,47-49,51-54H2,1-2H3,(H,59,62)/b16-15-,50-46+. The van der Waals surface area contributed by atoms with Crippen LogP contribution in [0, 0.1) is 0 Å². The van der Waals surface area contributed by atoms with E-state index in [4.69, 9.17) is 4.74 Å². The van der Waals surface area contributed by atoms with Gasteiger partial charge in [-0.15, -0.1) is 0 Å². The maximum atomic E-state index is 12.4. The average molecular weight is 903 g/mol. The van der Waals surface area contributed by atoms with Gasteiger partial charge in [-0.3, -0.25) is 9.59 Å². The van der Waals surface area contributed by atoms with Crippen LogP contribution in [0.3, 0.4) is 0 Å². The summed E-state index contributed by atoms with van der Waals surface area (Å²) in [7, 11) is 0. The molecular weight excluding hydrogens is 791 g/mol. The molecule has 64 heavy (non-hydrogen) atoms. The highest BCUT2D eigenvalue weighted by molar-refractivity contribution is 5.76. The van der Waals surface area contributed by atoms with Crippen LogP contribution in [-0.4, -0.2) is 47.4 Å². The minimum Gasteiger partial charge on any atom is -0.466 e. The Balaban J connectivity index is 3.36. The van der Waals surface area contributed by atoms with Crippen LogP contribution in [0.15, 0.2) is 24.3 Å². The molecule has 378 valence electrons. The van der Waals surface area contributed by atoms with Gasteiger partial charge in [-0.05, 0) is 57.8 Å². The van der Waals surface area contributed by atoms with Crippen molar-refractivity contribution in [2.45, 2.75) is 321 Å². The lowest BCUT2D eigenvalue weighted by Gasteiger charge is -2.20. The van der Waals surface area contributed by atoms with Gasteiger partial charge in [0.1, 0.15) is 0 Å². The maximum Gasteiger partial charge on any atom is 0.305 e. The van der Waals surface area contributed by atoms with E-state index in [-0.39, 0.29) is 18.5 Å². The fourth-order valence-corrected chi connectivity index (χ4v) is 8.81. The third kappa shape index (κ3) is 49.8. The molecule has 0 aromatic carbocycles. The molecule has 0 saturated carbocycles. The molecule has 0 aliphatic rings. The molecule has 0 radical (unpaired) electrons. The molecule has 6 nitrogen and oxygen atoms in total. The first-order valence-corrected chi connectivity index (χ1v) is 28.6. The molecule has 2 unspecified atom stereocenters. The zero-order chi connectivity index (χ0) is 46.5. The smallest absolute Gasteiger partial charge is 0.305 e. The fraction of sp³-hybridized carbons (Fsp3) is 0.897. The largest absolute Gasteiger partial charge is 0.466 e. The number of nitrogens with one attached hydrogen (secondary N) is 1. The van der Waals surface area contributed by atoms with E-state index >= 15 is 0 Å². The van der Waals surface area contributed by atoms with Crippen LogP contribution in [0.1, 0.15) is 309 Å². The number of hydrogen-bond donors (Lipinski definition) is 3. The van der Waals surface area contributed by atoms with Gasteiger partial charge >= 0.3 is 5.97 Å². The Morgan fingerprint density at radius 2 is 0.734 bits per heavy atom. The van der Waals surface area contributed by atoms with Crippen LogP contribution in [0.4, 0.5) is 0 Å². The number of esters is 1. The highest BCUT2D eigenvalue weighted by atomic mass is 16.5. The molecule has 0 heterocycles. The number of amides is 1. The van der Waals surface area contributed by atoms with Gasteiger partial charge in [0.05, 0.1) is 25.4 Å². The SMILES string of the molecule is CCCCCCCC/C=C\CCCCCCCCCC(=O)OCCCCCCCCCCCCCCCCCCCCCCCC(=O)NC(CO)C(O)/C=C/CCCCCCCCC. The lowest BCUT2D eigenvalue weighted by atomic mass is 10.0. The molecule has 2 atom stereocenters. The number of ether oxygens (including phenoxy) is 1. The Labute approximate surface area is 399 Å². The predicted molar refractivity (Wildman–Crippen MR) is 278 cm³/mol. The maximum absolute atomic E-state index is 12.4. The Morgan fingerprint density at radius 3 is 1.11 bits per heavy atom. The molecule has 6 heteroatoms. The molecule has 0 bridgehead atoms. The summed E-state index contributed by atoms with van der Waals surface area (Å²) in [4.78, 5) is 24.4. The highest BCUT2D eigenvalue weighted by Gasteiger charge is 2.18. The Bertz CT molecular complexity index is 997. The van der Waals surface area contributed by atoms with E-state index in [0.29, 0.717) is 19.4 Å². The molecule has 1 amide bonds. The number of hydrogen-bond acceptors (Lipinski definition) is 5. The van der Waals surface area contributed by atoms with Crippen LogP contribution in [0.5, 0.6) is 0 Å².